The van der Waals surface area contributed by atoms with Crippen molar-refractivity contribution in [2.45, 2.75) is 40.2 Å². The molecule has 1 atom stereocenters. The molecule has 0 aromatic heterocycles. The number of allylic oxidation sites excluding steroid dienone is 5. The lowest BCUT2D eigenvalue weighted by atomic mass is 10.1. The van der Waals surface area contributed by atoms with Gasteiger partial charge in [0.15, 0.2) is 5.76 Å². The van der Waals surface area contributed by atoms with E-state index in [1.165, 1.54) is 7.11 Å². The molecule has 1 N–H and O–H groups in total. The molecule has 1 amide bonds. The van der Waals surface area contributed by atoms with Gasteiger partial charge >= 0.3 is 0 Å². The zero-order valence-electron chi connectivity index (χ0n) is 12.6. The van der Waals surface area contributed by atoms with Crippen molar-refractivity contribution in [1.82, 2.24) is 5.32 Å². The van der Waals surface area contributed by atoms with Crippen LogP contribution in [-0.4, -0.2) is 19.1 Å². The molecule has 0 aliphatic heterocycles. The van der Waals surface area contributed by atoms with Crippen LogP contribution in [0, 0.1) is 0 Å². The molecular weight excluding hydrogens is 238 g/mol. The first kappa shape index (κ1) is 17.2. The zero-order chi connectivity index (χ0) is 14.8. The SMILES string of the molecule is C=C/C(C)=C/C(C)=C/[C@H](C)NC(=O)/C(=C/CC)OC. The smallest absolute Gasteiger partial charge is 0.286 e. The summed E-state index contributed by atoms with van der Waals surface area (Å²) in [7, 11) is 1.50. The first-order valence-electron chi connectivity index (χ1n) is 6.48. The van der Waals surface area contributed by atoms with Crippen LogP contribution in [-0.2, 0) is 9.53 Å². The normalized spacial score (nSPS) is 14.9. The second-order valence-corrected chi connectivity index (χ2v) is 4.45. The second kappa shape index (κ2) is 9.20. The number of hydrogen-bond donors (Lipinski definition) is 1. The molecule has 106 valence electrons. The molecule has 0 saturated carbocycles. The Bertz CT molecular complexity index is 403. The zero-order valence-corrected chi connectivity index (χ0v) is 12.6. The van der Waals surface area contributed by atoms with Gasteiger partial charge in [0.25, 0.3) is 5.91 Å². The van der Waals surface area contributed by atoms with Crippen molar-refractivity contribution in [3.63, 3.8) is 0 Å². The predicted molar refractivity (Wildman–Crippen MR) is 80.7 cm³/mol. The highest BCUT2D eigenvalue weighted by molar-refractivity contribution is 5.91. The molecule has 0 heterocycles. The van der Waals surface area contributed by atoms with Crippen LogP contribution in [0.4, 0.5) is 0 Å². The summed E-state index contributed by atoms with van der Waals surface area (Å²) in [5.41, 5.74) is 2.18. The van der Waals surface area contributed by atoms with E-state index in [0.29, 0.717) is 5.76 Å². The van der Waals surface area contributed by atoms with Crippen LogP contribution >= 0.6 is 0 Å². The number of amides is 1. The third-order valence-electron chi connectivity index (χ3n) is 2.48. The monoisotopic (exact) mass is 263 g/mol. The Labute approximate surface area is 116 Å². The Hall–Kier alpha value is -1.77. The van der Waals surface area contributed by atoms with Crippen molar-refractivity contribution in [1.29, 1.82) is 0 Å². The molecule has 0 unspecified atom stereocenters. The van der Waals surface area contributed by atoms with Crippen LogP contribution in [0.15, 0.2) is 47.8 Å². The molecule has 3 nitrogen and oxygen atoms in total. The lowest BCUT2D eigenvalue weighted by Gasteiger charge is -2.12. The van der Waals surface area contributed by atoms with E-state index in [9.17, 15) is 4.79 Å². The number of carbonyl (C=O) groups is 1. The lowest BCUT2D eigenvalue weighted by molar-refractivity contribution is -0.120. The Morgan fingerprint density at radius 2 is 2.00 bits per heavy atom. The molecule has 0 spiro atoms. The van der Waals surface area contributed by atoms with Gasteiger partial charge in [-0.3, -0.25) is 4.79 Å². The average Bonchev–Trinajstić information content (AvgIpc) is 2.34. The highest BCUT2D eigenvalue weighted by atomic mass is 16.5. The molecule has 0 aliphatic rings. The fraction of sp³-hybridized carbons (Fsp3) is 0.438. The summed E-state index contributed by atoms with van der Waals surface area (Å²) in [6.07, 6.45) is 8.34. The summed E-state index contributed by atoms with van der Waals surface area (Å²) in [5, 5.41) is 2.87. The first-order chi connectivity index (χ1) is 8.94. The number of carbonyl (C=O) groups excluding carboxylic acids is 1. The molecule has 19 heavy (non-hydrogen) atoms. The van der Waals surface area contributed by atoms with Crippen LogP contribution in [0.3, 0.4) is 0 Å². The van der Waals surface area contributed by atoms with Crippen molar-refractivity contribution in [3.8, 4) is 0 Å². The van der Waals surface area contributed by atoms with Crippen molar-refractivity contribution in [2.24, 2.45) is 0 Å². The van der Waals surface area contributed by atoms with Gasteiger partial charge < -0.3 is 10.1 Å². The molecule has 0 aromatic carbocycles. The maximum atomic E-state index is 11.9. The van der Waals surface area contributed by atoms with Gasteiger partial charge in [-0.1, -0.05) is 42.9 Å². The van der Waals surface area contributed by atoms with Gasteiger partial charge in [-0.2, -0.15) is 0 Å². The summed E-state index contributed by atoms with van der Waals surface area (Å²) in [6, 6.07) is -0.0585. The van der Waals surface area contributed by atoms with Gasteiger partial charge in [-0.05, 0) is 33.3 Å². The van der Waals surface area contributed by atoms with E-state index in [0.717, 1.165) is 17.6 Å². The number of rotatable bonds is 7. The minimum atomic E-state index is -0.190. The third kappa shape index (κ3) is 7.29. The Morgan fingerprint density at radius 3 is 2.47 bits per heavy atom. The number of nitrogens with one attached hydrogen (secondary N) is 1. The maximum Gasteiger partial charge on any atom is 0.286 e. The van der Waals surface area contributed by atoms with E-state index in [2.05, 4.69) is 11.9 Å². The predicted octanol–water partition coefficient (Wildman–Crippen LogP) is 3.51. The van der Waals surface area contributed by atoms with Gasteiger partial charge in [0.1, 0.15) is 0 Å². The van der Waals surface area contributed by atoms with E-state index >= 15 is 0 Å². The van der Waals surface area contributed by atoms with Crippen molar-refractivity contribution < 1.29 is 9.53 Å². The maximum absolute atomic E-state index is 11.9. The van der Waals surface area contributed by atoms with Gasteiger partial charge in [0, 0.05) is 6.04 Å². The van der Waals surface area contributed by atoms with Crippen molar-refractivity contribution in [3.05, 3.63) is 47.8 Å². The van der Waals surface area contributed by atoms with Crippen LogP contribution in [0.1, 0.15) is 34.1 Å². The molecule has 3 heteroatoms. The van der Waals surface area contributed by atoms with Gasteiger partial charge in [0.2, 0.25) is 0 Å². The van der Waals surface area contributed by atoms with Crippen molar-refractivity contribution in [2.75, 3.05) is 7.11 Å². The van der Waals surface area contributed by atoms with Crippen LogP contribution in [0.5, 0.6) is 0 Å². The first-order valence-corrected chi connectivity index (χ1v) is 6.48. The molecule has 0 radical (unpaired) electrons. The third-order valence-corrected chi connectivity index (χ3v) is 2.48. The van der Waals surface area contributed by atoms with Gasteiger partial charge in [-0.25, -0.2) is 0 Å². The van der Waals surface area contributed by atoms with E-state index < -0.39 is 0 Å². The quantitative estimate of drug-likeness (QED) is 0.433. The van der Waals surface area contributed by atoms with E-state index in [1.54, 1.807) is 12.2 Å². The molecule has 0 fully saturated rings. The standard InChI is InChI=1S/C16H25NO2/c1-7-9-15(19-6)16(18)17-14(5)11-13(4)10-12(3)8-2/h8-11,14H,2,7H2,1,3-6H3,(H,17,18)/b12-10+,13-11+,15-9-/t14-/m0/s1. The summed E-state index contributed by atoms with van der Waals surface area (Å²) < 4.78 is 5.04. The van der Waals surface area contributed by atoms with E-state index in [1.807, 2.05) is 39.8 Å². The molecular formula is C16H25NO2. The summed E-state index contributed by atoms with van der Waals surface area (Å²) in [6.45, 7) is 11.6. The van der Waals surface area contributed by atoms with Crippen LogP contribution in [0.2, 0.25) is 0 Å². The molecule has 0 aromatic rings. The topological polar surface area (TPSA) is 38.3 Å². The summed E-state index contributed by atoms with van der Waals surface area (Å²) >= 11 is 0. The minimum absolute atomic E-state index is 0.0585. The largest absolute Gasteiger partial charge is 0.491 e. The molecule has 0 bridgehead atoms. The number of hydrogen-bond acceptors (Lipinski definition) is 2. The fourth-order valence-electron chi connectivity index (χ4n) is 1.63. The van der Waals surface area contributed by atoms with Crippen LogP contribution < -0.4 is 5.32 Å². The fourth-order valence-corrected chi connectivity index (χ4v) is 1.63. The Balaban J connectivity index is 4.66. The van der Waals surface area contributed by atoms with E-state index in [-0.39, 0.29) is 11.9 Å². The second-order valence-electron chi connectivity index (χ2n) is 4.45. The van der Waals surface area contributed by atoms with Gasteiger partial charge in [0.05, 0.1) is 7.11 Å². The summed E-state index contributed by atoms with van der Waals surface area (Å²) in [4.78, 5) is 11.9. The van der Waals surface area contributed by atoms with Crippen molar-refractivity contribution >= 4 is 5.91 Å². The number of methoxy groups -OCH3 is 1. The van der Waals surface area contributed by atoms with Crippen LogP contribution in [0.25, 0.3) is 0 Å². The number of ether oxygens (including phenoxy) is 1. The minimum Gasteiger partial charge on any atom is -0.491 e. The average molecular weight is 263 g/mol. The Morgan fingerprint density at radius 1 is 1.37 bits per heavy atom. The lowest BCUT2D eigenvalue weighted by Crippen LogP contribution is -2.32. The molecule has 0 rings (SSSR count). The highest BCUT2D eigenvalue weighted by Gasteiger charge is 2.10. The Kier molecular flexibility index (Phi) is 8.34. The molecule has 0 saturated heterocycles. The summed E-state index contributed by atoms with van der Waals surface area (Å²) in [5.74, 6) is 0.170. The van der Waals surface area contributed by atoms with E-state index in [4.69, 9.17) is 4.74 Å². The highest BCUT2D eigenvalue weighted by Crippen LogP contribution is 2.05. The molecule has 0 aliphatic carbocycles. The van der Waals surface area contributed by atoms with Gasteiger partial charge in [-0.15, -0.1) is 0 Å².